The summed E-state index contributed by atoms with van der Waals surface area (Å²) in [5.74, 6) is 0.770. The normalized spacial score (nSPS) is 24.6. The Bertz CT molecular complexity index is 380. The summed E-state index contributed by atoms with van der Waals surface area (Å²) in [6.45, 7) is 5.90. The molecule has 1 aromatic heterocycles. The van der Waals surface area contributed by atoms with Gasteiger partial charge in [0.2, 0.25) is 5.91 Å². The molecule has 1 aliphatic heterocycles. The van der Waals surface area contributed by atoms with Crippen molar-refractivity contribution in [2.45, 2.75) is 26.8 Å². The third kappa shape index (κ3) is 2.24. The largest absolute Gasteiger partial charge is 0.359 e. The second-order valence-corrected chi connectivity index (χ2v) is 4.60. The highest BCUT2D eigenvalue weighted by Crippen LogP contribution is 2.24. The highest BCUT2D eigenvalue weighted by Gasteiger charge is 2.36. The van der Waals surface area contributed by atoms with Crippen LogP contribution in [0.1, 0.15) is 24.8 Å². The van der Waals surface area contributed by atoms with Crippen molar-refractivity contribution >= 4 is 5.91 Å². The standard InChI is InChI=1S/C11H17N3O2/c1-8-5-9(16-14-8)6-13-10(15)11(2)3-4-12-7-11/h5,12H,3-4,6-7H2,1-2H3,(H,13,15). The number of hydrogen-bond donors (Lipinski definition) is 2. The van der Waals surface area contributed by atoms with E-state index in [4.69, 9.17) is 4.52 Å². The van der Waals surface area contributed by atoms with Gasteiger partial charge in [-0.1, -0.05) is 5.16 Å². The first-order valence-electron chi connectivity index (χ1n) is 5.51. The minimum atomic E-state index is -0.283. The van der Waals surface area contributed by atoms with E-state index in [-0.39, 0.29) is 11.3 Å². The van der Waals surface area contributed by atoms with E-state index in [9.17, 15) is 4.79 Å². The Balaban J connectivity index is 1.88. The van der Waals surface area contributed by atoms with Gasteiger partial charge in [0.05, 0.1) is 17.7 Å². The zero-order valence-electron chi connectivity index (χ0n) is 9.67. The molecule has 1 amide bonds. The van der Waals surface area contributed by atoms with Crippen LogP contribution >= 0.6 is 0 Å². The highest BCUT2D eigenvalue weighted by molar-refractivity contribution is 5.82. The van der Waals surface area contributed by atoms with Gasteiger partial charge in [-0.05, 0) is 26.8 Å². The molecular weight excluding hydrogens is 206 g/mol. The number of aryl methyl sites for hydroxylation is 1. The summed E-state index contributed by atoms with van der Waals surface area (Å²) in [7, 11) is 0. The van der Waals surface area contributed by atoms with Gasteiger partial charge in [0, 0.05) is 12.6 Å². The van der Waals surface area contributed by atoms with Crippen LogP contribution in [0.2, 0.25) is 0 Å². The molecule has 0 aliphatic carbocycles. The molecule has 1 saturated heterocycles. The average Bonchev–Trinajstić information content (AvgIpc) is 2.85. The average molecular weight is 223 g/mol. The first-order chi connectivity index (χ1) is 7.60. The van der Waals surface area contributed by atoms with Crippen molar-refractivity contribution in [3.63, 3.8) is 0 Å². The van der Waals surface area contributed by atoms with Gasteiger partial charge < -0.3 is 15.2 Å². The van der Waals surface area contributed by atoms with E-state index in [2.05, 4.69) is 15.8 Å². The van der Waals surface area contributed by atoms with Crippen LogP contribution in [0.4, 0.5) is 0 Å². The predicted octanol–water partition coefficient (Wildman–Crippen LogP) is 0.599. The lowest BCUT2D eigenvalue weighted by atomic mass is 9.89. The molecule has 1 aliphatic rings. The lowest BCUT2D eigenvalue weighted by Gasteiger charge is -2.20. The van der Waals surface area contributed by atoms with Crippen LogP contribution in [0.3, 0.4) is 0 Å². The number of hydrogen-bond acceptors (Lipinski definition) is 4. The highest BCUT2D eigenvalue weighted by atomic mass is 16.5. The summed E-state index contributed by atoms with van der Waals surface area (Å²) >= 11 is 0. The molecule has 2 heterocycles. The summed E-state index contributed by atoms with van der Waals surface area (Å²) in [6, 6.07) is 1.83. The lowest BCUT2D eigenvalue weighted by Crippen LogP contribution is -2.39. The van der Waals surface area contributed by atoms with Crippen LogP contribution in [0.25, 0.3) is 0 Å². The quantitative estimate of drug-likeness (QED) is 0.787. The van der Waals surface area contributed by atoms with Crippen LogP contribution < -0.4 is 10.6 Å². The van der Waals surface area contributed by atoms with Gasteiger partial charge in [-0.25, -0.2) is 0 Å². The van der Waals surface area contributed by atoms with Crippen molar-refractivity contribution in [3.8, 4) is 0 Å². The Labute approximate surface area is 94.6 Å². The fraction of sp³-hybridized carbons (Fsp3) is 0.636. The minimum absolute atomic E-state index is 0.0755. The topological polar surface area (TPSA) is 67.2 Å². The first-order valence-corrected chi connectivity index (χ1v) is 5.51. The number of rotatable bonds is 3. The van der Waals surface area contributed by atoms with Crippen LogP contribution in [0, 0.1) is 12.3 Å². The maximum Gasteiger partial charge on any atom is 0.227 e. The molecule has 0 bridgehead atoms. The van der Waals surface area contributed by atoms with Crippen LogP contribution in [0.5, 0.6) is 0 Å². The van der Waals surface area contributed by atoms with Crippen molar-refractivity contribution in [1.29, 1.82) is 0 Å². The van der Waals surface area contributed by atoms with E-state index in [1.54, 1.807) is 0 Å². The fourth-order valence-corrected chi connectivity index (χ4v) is 1.89. The van der Waals surface area contributed by atoms with E-state index in [0.29, 0.717) is 12.3 Å². The molecule has 2 rings (SSSR count). The Morgan fingerprint density at radius 2 is 2.56 bits per heavy atom. The SMILES string of the molecule is Cc1cc(CNC(=O)C2(C)CCNC2)on1. The Morgan fingerprint density at radius 1 is 1.75 bits per heavy atom. The van der Waals surface area contributed by atoms with Gasteiger partial charge in [-0.2, -0.15) is 0 Å². The third-order valence-corrected chi connectivity index (χ3v) is 3.02. The minimum Gasteiger partial charge on any atom is -0.359 e. The number of nitrogens with one attached hydrogen (secondary N) is 2. The molecular formula is C11H17N3O2. The molecule has 5 heteroatoms. The molecule has 88 valence electrons. The van der Waals surface area contributed by atoms with Gasteiger partial charge >= 0.3 is 0 Å². The summed E-state index contributed by atoms with van der Waals surface area (Å²) < 4.78 is 5.03. The number of carbonyl (C=O) groups is 1. The summed E-state index contributed by atoms with van der Waals surface area (Å²) in [5.41, 5.74) is 0.549. The van der Waals surface area contributed by atoms with Gasteiger partial charge in [0.25, 0.3) is 0 Å². The van der Waals surface area contributed by atoms with Gasteiger partial charge in [-0.15, -0.1) is 0 Å². The van der Waals surface area contributed by atoms with Crippen molar-refractivity contribution < 1.29 is 9.32 Å². The van der Waals surface area contributed by atoms with E-state index in [1.165, 1.54) is 0 Å². The third-order valence-electron chi connectivity index (χ3n) is 3.02. The van der Waals surface area contributed by atoms with Crippen molar-refractivity contribution in [2.75, 3.05) is 13.1 Å². The Kier molecular flexibility index (Phi) is 2.96. The monoisotopic (exact) mass is 223 g/mol. The van der Waals surface area contributed by atoms with Crippen molar-refractivity contribution in [2.24, 2.45) is 5.41 Å². The molecule has 0 saturated carbocycles. The Hall–Kier alpha value is -1.36. The number of aromatic nitrogens is 1. The number of amides is 1. The second-order valence-electron chi connectivity index (χ2n) is 4.60. The zero-order chi connectivity index (χ0) is 11.6. The predicted molar refractivity (Wildman–Crippen MR) is 58.7 cm³/mol. The number of nitrogens with zero attached hydrogens (tertiary/aromatic N) is 1. The van der Waals surface area contributed by atoms with E-state index < -0.39 is 0 Å². The summed E-state index contributed by atoms with van der Waals surface area (Å²) in [5, 5.41) is 9.85. The van der Waals surface area contributed by atoms with Crippen LogP contribution in [-0.4, -0.2) is 24.2 Å². The molecule has 2 N–H and O–H groups in total. The molecule has 16 heavy (non-hydrogen) atoms. The van der Waals surface area contributed by atoms with Crippen LogP contribution in [0.15, 0.2) is 10.6 Å². The molecule has 0 aromatic carbocycles. The fourth-order valence-electron chi connectivity index (χ4n) is 1.89. The summed E-state index contributed by atoms with van der Waals surface area (Å²) in [4.78, 5) is 11.9. The molecule has 1 atom stereocenters. The molecule has 5 nitrogen and oxygen atoms in total. The van der Waals surface area contributed by atoms with Gasteiger partial charge in [0.1, 0.15) is 0 Å². The van der Waals surface area contributed by atoms with Crippen LogP contribution in [-0.2, 0) is 11.3 Å². The Morgan fingerprint density at radius 3 is 3.12 bits per heavy atom. The second kappa shape index (κ2) is 4.25. The van der Waals surface area contributed by atoms with E-state index >= 15 is 0 Å². The molecule has 1 fully saturated rings. The first kappa shape index (κ1) is 11.1. The van der Waals surface area contributed by atoms with Gasteiger partial charge in [-0.3, -0.25) is 4.79 Å². The molecule has 0 radical (unpaired) electrons. The van der Waals surface area contributed by atoms with Gasteiger partial charge in [0.15, 0.2) is 5.76 Å². The van der Waals surface area contributed by atoms with E-state index in [0.717, 1.165) is 25.2 Å². The molecule has 0 spiro atoms. The maximum absolute atomic E-state index is 11.9. The molecule has 1 aromatic rings. The lowest BCUT2D eigenvalue weighted by molar-refractivity contribution is -0.129. The molecule has 1 unspecified atom stereocenters. The number of carbonyl (C=O) groups excluding carboxylic acids is 1. The zero-order valence-corrected chi connectivity index (χ0v) is 9.67. The van der Waals surface area contributed by atoms with Crippen molar-refractivity contribution in [3.05, 3.63) is 17.5 Å². The maximum atomic E-state index is 11.9. The van der Waals surface area contributed by atoms with Crippen molar-refractivity contribution in [1.82, 2.24) is 15.8 Å². The summed E-state index contributed by atoms with van der Waals surface area (Å²) in [6.07, 6.45) is 0.883. The smallest absolute Gasteiger partial charge is 0.227 e. The van der Waals surface area contributed by atoms with E-state index in [1.807, 2.05) is 19.9 Å².